The Kier molecular flexibility index (Phi) is 37.5. The molecule has 58 heavy (non-hydrogen) atoms. The summed E-state index contributed by atoms with van der Waals surface area (Å²) in [7, 11) is 0. The standard InChI is InChI=1S/C49H93NO8/c1-3-5-7-9-11-13-15-17-19-21-22-23-25-27-29-31-33-35-37-39-45(53)50-42(41-57-49-48(56)47(55)46(54)44(40-51)58-49)43(52)38-36-34-32-30-28-26-24-20-18-16-14-12-10-8-6-4-2/h17,19,36,38,42-44,46-49,51-52,54-56H,3-16,18,20-35,37,39-41H2,1-2H3,(H,50,53)/b19-17+,38-36+/t42-,43+,44-,46-,47?,48?,49-/m0/s1. The van der Waals surface area contributed by atoms with Gasteiger partial charge in [-0.2, -0.15) is 0 Å². The highest BCUT2D eigenvalue weighted by molar-refractivity contribution is 5.76. The van der Waals surface area contributed by atoms with Gasteiger partial charge in [0.05, 0.1) is 25.4 Å². The number of carbonyl (C=O) groups is 1. The van der Waals surface area contributed by atoms with Gasteiger partial charge in [0.2, 0.25) is 5.91 Å². The Labute approximate surface area is 356 Å². The van der Waals surface area contributed by atoms with Crippen LogP contribution in [0.3, 0.4) is 0 Å². The summed E-state index contributed by atoms with van der Waals surface area (Å²) in [5.41, 5.74) is 0. The minimum Gasteiger partial charge on any atom is -0.394 e. The number of hydrogen-bond donors (Lipinski definition) is 6. The van der Waals surface area contributed by atoms with Crippen molar-refractivity contribution in [3.8, 4) is 0 Å². The number of nitrogens with one attached hydrogen (secondary N) is 1. The van der Waals surface area contributed by atoms with Gasteiger partial charge in [0.25, 0.3) is 0 Å². The molecule has 0 radical (unpaired) electrons. The molecule has 9 heteroatoms. The lowest BCUT2D eigenvalue weighted by molar-refractivity contribution is -0.302. The molecular formula is C49H93NO8. The van der Waals surface area contributed by atoms with Crippen molar-refractivity contribution in [2.24, 2.45) is 0 Å². The first kappa shape index (κ1) is 54.7. The van der Waals surface area contributed by atoms with Crippen LogP contribution in [0.25, 0.3) is 0 Å². The summed E-state index contributed by atoms with van der Waals surface area (Å²) in [6, 6.07) is -0.803. The second kappa shape index (κ2) is 39.8. The van der Waals surface area contributed by atoms with Gasteiger partial charge >= 0.3 is 0 Å². The number of rotatable bonds is 41. The Morgan fingerprint density at radius 2 is 0.966 bits per heavy atom. The van der Waals surface area contributed by atoms with E-state index < -0.39 is 49.5 Å². The second-order valence-electron chi connectivity index (χ2n) is 17.3. The van der Waals surface area contributed by atoms with Gasteiger partial charge in [-0.3, -0.25) is 4.79 Å². The van der Waals surface area contributed by atoms with Gasteiger partial charge < -0.3 is 40.3 Å². The number of hydrogen-bond acceptors (Lipinski definition) is 8. The molecule has 0 spiro atoms. The van der Waals surface area contributed by atoms with E-state index in [0.717, 1.165) is 38.5 Å². The van der Waals surface area contributed by atoms with Crippen molar-refractivity contribution in [1.82, 2.24) is 5.32 Å². The molecule has 1 fully saturated rings. The van der Waals surface area contributed by atoms with Crippen molar-refractivity contribution in [1.29, 1.82) is 0 Å². The number of ether oxygens (including phenoxy) is 2. The molecule has 1 aliphatic rings. The van der Waals surface area contributed by atoms with E-state index >= 15 is 0 Å². The summed E-state index contributed by atoms with van der Waals surface area (Å²) in [5, 5.41) is 54.3. The Hall–Kier alpha value is -1.33. The minimum absolute atomic E-state index is 0.178. The number of amides is 1. The normalized spacial score (nSPS) is 21.0. The molecule has 0 aromatic carbocycles. The summed E-state index contributed by atoms with van der Waals surface area (Å²) >= 11 is 0. The molecule has 1 heterocycles. The third-order valence-corrected chi connectivity index (χ3v) is 11.8. The zero-order valence-electron chi connectivity index (χ0n) is 37.6. The maximum absolute atomic E-state index is 13.0. The maximum atomic E-state index is 13.0. The Bertz CT molecular complexity index is 961. The molecule has 1 saturated heterocycles. The van der Waals surface area contributed by atoms with Crippen molar-refractivity contribution in [3.05, 3.63) is 24.3 Å². The van der Waals surface area contributed by atoms with E-state index in [4.69, 9.17) is 9.47 Å². The van der Waals surface area contributed by atoms with Crippen molar-refractivity contribution < 1.29 is 39.8 Å². The van der Waals surface area contributed by atoms with E-state index in [1.807, 2.05) is 6.08 Å². The average Bonchev–Trinajstić information content (AvgIpc) is 3.22. The quantitative estimate of drug-likeness (QED) is 0.0264. The monoisotopic (exact) mass is 824 g/mol. The van der Waals surface area contributed by atoms with E-state index in [2.05, 4.69) is 31.3 Å². The molecule has 0 bridgehead atoms. The lowest BCUT2D eigenvalue weighted by Gasteiger charge is -2.40. The first-order valence-corrected chi connectivity index (χ1v) is 24.6. The van der Waals surface area contributed by atoms with Gasteiger partial charge in [-0.05, 0) is 44.9 Å². The lowest BCUT2D eigenvalue weighted by atomic mass is 9.99. The molecule has 0 aromatic rings. The van der Waals surface area contributed by atoms with E-state index in [1.54, 1.807) is 6.08 Å². The molecule has 2 unspecified atom stereocenters. The van der Waals surface area contributed by atoms with Crippen molar-refractivity contribution >= 4 is 5.91 Å². The van der Waals surface area contributed by atoms with Crippen LogP contribution in [0.1, 0.15) is 226 Å². The molecule has 0 aromatic heterocycles. The van der Waals surface area contributed by atoms with Crippen LogP contribution in [0.15, 0.2) is 24.3 Å². The van der Waals surface area contributed by atoms with Crippen molar-refractivity contribution in [2.45, 2.75) is 269 Å². The molecule has 1 rings (SSSR count). The van der Waals surface area contributed by atoms with Crippen LogP contribution in [0.5, 0.6) is 0 Å². The van der Waals surface area contributed by atoms with Crippen LogP contribution in [0.2, 0.25) is 0 Å². The molecule has 1 aliphatic heterocycles. The summed E-state index contributed by atoms with van der Waals surface area (Å²) in [4.78, 5) is 13.0. The molecule has 9 nitrogen and oxygen atoms in total. The van der Waals surface area contributed by atoms with Gasteiger partial charge in [0.1, 0.15) is 24.4 Å². The van der Waals surface area contributed by atoms with Gasteiger partial charge in [-0.15, -0.1) is 0 Å². The summed E-state index contributed by atoms with van der Waals surface area (Å²) in [6.07, 6.45) is 40.7. The minimum atomic E-state index is -1.56. The lowest BCUT2D eigenvalue weighted by Crippen LogP contribution is -2.60. The van der Waals surface area contributed by atoms with E-state index in [-0.39, 0.29) is 12.5 Å². The number of allylic oxidation sites excluding steroid dienone is 3. The SMILES string of the molecule is CCCCCCCC/C=C/CCCCCCCCCCCC(=O)N[C@@H](CO[C@H]1O[C@@H](CO)[C@H](O)C(O)C1O)[C@H](O)/C=C/CCCCCCCCCCCCCCCC. The highest BCUT2D eigenvalue weighted by Gasteiger charge is 2.44. The summed E-state index contributed by atoms with van der Waals surface area (Å²) in [5.74, 6) is -0.178. The van der Waals surface area contributed by atoms with Crippen LogP contribution < -0.4 is 5.32 Å². The Morgan fingerprint density at radius 3 is 1.40 bits per heavy atom. The van der Waals surface area contributed by atoms with E-state index in [1.165, 1.54) is 167 Å². The van der Waals surface area contributed by atoms with Crippen molar-refractivity contribution in [3.63, 3.8) is 0 Å². The predicted octanol–water partition coefficient (Wildman–Crippen LogP) is 10.7. The number of aliphatic hydroxyl groups excluding tert-OH is 5. The third kappa shape index (κ3) is 29.8. The van der Waals surface area contributed by atoms with Crippen LogP contribution in [-0.2, 0) is 14.3 Å². The van der Waals surface area contributed by atoms with Gasteiger partial charge in [-0.25, -0.2) is 0 Å². The molecule has 0 aliphatic carbocycles. The number of carbonyl (C=O) groups excluding carboxylic acids is 1. The smallest absolute Gasteiger partial charge is 0.220 e. The fourth-order valence-corrected chi connectivity index (χ4v) is 7.80. The fourth-order valence-electron chi connectivity index (χ4n) is 7.80. The first-order chi connectivity index (χ1) is 28.3. The topological polar surface area (TPSA) is 149 Å². The average molecular weight is 824 g/mol. The van der Waals surface area contributed by atoms with Crippen LogP contribution in [0, 0.1) is 0 Å². The summed E-state index contributed by atoms with van der Waals surface area (Å²) in [6.45, 7) is 3.78. The Morgan fingerprint density at radius 1 is 0.569 bits per heavy atom. The first-order valence-electron chi connectivity index (χ1n) is 24.6. The highest BCUT2D eigenvalue weighted by atomic mass is 16.7. The molecule has 1 amide bonds. The van der Waals surface area contributed by atoms with Gasteiger partial charge in [0, 0.05) is 6.42 Å². The zero-order chi connectivity index (χ0) is 42.3. The highest BCUT2D eigenvalue weighted by Crippen LogP contribution is 2.23. The molecular weight excluding hydrogens is 731 g/mol. The Balaban J connectivity index is 2.32. The maximum Gasteiger partial charge on any atom is 0.220 e. The third-order valence-electron chi connectivity index (χ3n) is 11.8. The van der Waals surface area contributed by atoms with Crippen LogP contribution in [0.4, 0.5) is 0 Å². The fraction of sp³-hybridized carbons (Fsp3) is 0.898. The van der Waals surface area contributed by atoms with Crippen LogP contribution >= 0.6 is 0 Å². The van der Waals surface area contributed by atoms with Crippen LogP contribution in [-0.4, -0.2) is 87.5 Å². The number of unbranched alkanes of at least 4 members (excludes halogenated alkanes) is 29. The molecule has 342 valence electrons. The van der Waals surface area contributed by atoms with Gasteiger partial charge in [-0.1, -0.05) is 199 Å². The molecule has 0 saturated carbocycles. The summed E-state index contributed by atoms with van der Waals surface area (Å²) < 4.78 is 11.2. The molecule has 7 atom stereocenters. The predicted molar refractivity (Wildman–Crippen MR) is 240 cm³/mol. The number of aliphatic hydroxyl groups is 5. The zero-order valence-corrected chi connectivity index (χ0v) is 37.6. The largest absolute Gasteiger partial charge is 0.394 e. The molecule has 6 N–H and O–H groups in total. The van der Waals surface area contributed by atoms with Crippen molar-refractivity contribution in [2.75, 3.05) is 13.2 Å². The van der Waals surface area contributed by atoms with Gasteiger partial charge in [0.15, 0.2) is 6.29 Å². The van der Waals surface area contributed by atoms with E-state index in [0.29, 0.717) is 6.42 Å². The second-order valence-corrected chi connectivity index (χ2v) is 17.3. The van der Waals surface area contributed by atoms with E-state index in [9.17, 15) is 30.3 Å².